The zero-order chi connectivity index (χ0) is 20.2. The van der Waals surface area contributed by atoms with Crippen LogP contribution in [0, 0.1) is 18.7 Å². The number of nitrogens with zero attached hydrogens (tertiary/aromatic N) is 1. The first-order chi connectivity index (χ1) is 14.1. The summed E-state index contributed by atoms with van der Waals surface area (Å²) in [6.45, 7) is 3.19. The molecule has 1 aromatic heterocycles. The van der Waals surface area contributed by atoms with Crippen LogP contribution in [0.5, 0.6) is 11.5 Å². The highest BCUT2D eigenvalue weighted by molar-refractivity contribution is 7.13. The summed E-state index contributed by atoms with van der Waals surface area (Å²) in [7, 11) is 0. The number of aromatic nitrogens is 1. The Morgan fingerprint density at radius 2 is 2.07 bits per heavy atom. The Labute approximate surface area is 172 Å². The average molecular weight is 412 g/mol. The number of halogens is 1. The lowest BCUT2D eigenvalue weighted by molar-refractivity contribution is 0.0942. The standard InChI is InChI=1S/C22H21FN2O3S/c1-14-21(29-20(25-14)13-27-18-8-6-17(23)7-9-18)22(26)24-11-15-10-16-4-2-3-5-19(16)28-12-15/h2-9,15H,10-13H2,1H3,(H,24,26). The molecule has 1 amide bonds. The number of nitrogens with one attached hydrogen (secondary N) is 1. The summed E-state index contributed by atoms with van der Waals surface area (Å²) in [6.07, 6.45) is 0.884. The predicted molar refractivity (Wildman–Crippen MR) is 109 cm³/mol. The van der Waals surface area contributed by atoms with Gasteiger partial charge in [0.15, 0.2) is 0 Å². The summed E-state index contributed by atoms with van der Waals surface area (Å²) in [5, 5.41) is 3.70. The summed E-state index contributed by atoms with van der Waals surface area (Å²) >= 11 is 1.31. The molecule has 1 unspecified atom stereocenters. The first-order valence-corrected chi connectivity index (χ1v) is 10.2. The molecular weight excluding hydrogens is 391 g/mol. The number of fused-ring (bicyclic) bond motifs is 1. The van der Waals surface area contributed by atoms with Crippen LogP contribution in [0.1, 0.15) is 25.9 Å². The zero-order valence-electron chi connectivity index (χ0n) is 16.0. The molecule has 0 spiro atoms. The second-order valence-electron chi connectivity index (χ2n) is 6.96. The topological polar surface area (TPSA) is 60.5 Å². The number of rotatable bonds is 6. The van der Waals surface area contributed by atoms with Crippen LogP contribution < -0.4 is 14.8 Å². The van der Waals surface area contributed by atoms with Gasteiger partial charge in [-0.1, -0.05) is 18.2 Å². The molecule has 7 heteroatoms. The Morgan fingerprint density at radius 3 is 2.90 bits per heavy atom. The Balaban J connectivity index is 1.31. The third-order valence-corrected chi connectivity index (χ3v) is 5.86. The Hall–Kier alpha value is -2.93. The van der Waals surface area contributed by atoms with Crippen molar-refractivity contribution in [1.29, 1.82) is 0 Å². The van der Waals surface area contributed by atoms with Gasteiger partial charge in [0, 0.05) is 12.5 Å². The van der Waals surface area contributed by atoms with E-state index in [-0.39, 0.29) is 24.2 Å². The fourth-order valence-electron chi connectivity index (χ4n) is 3.24. The van der Waals surface area contributed by atoms with Crippen molar-refractivity contribution in [3.63, 3.8) is 0 Å². The van der Waals surface area contributed by atoms with Crippen LogP contribution in [0.4, 0.5) is 4.39 Å². The number of para-hydroxylation sites is 1. The molecule has 0 saturated heterocycles. The largest absolute Gasteiger partial charge is 0.493 e. The van der Waals surface area contributed by atoms with Crippen LogP contribution in [0.25, 0.3) is 0 Å². The molecule has 1 aliphatic rings. The SMILES string of the molecule is Cc1nc(COc2ccc(F)cc2)sc1C(=O)NCC1COc2ccccc2C1. The van der Waals surface area contributed by atoms with Crippen molar-refractivity contribution in [2.75, 3.05) is 13.2 Å². The van der Waals surface area contributed by atoms with Gasteiger partial charge in [-0.2, -0.15) is 0 Å². The van der Waals surface area contributed by atoms with Crippen LogP contribution in [0.3, 0.4) is 0 Å². The highest BCUT2D eigenvalue weighted by atomic mass is 32.1. The van der Waals surface area contributed by atoms with Gasteiger partial charge in [0.1, 0.15) is 33.8 Å². The van der Waals surface area contributed by atoms with E-state index in [0.29, 0.717) is 34.5 Å². The average Bonchev–Trinajstić information content (AvgIpc) is 3.12. The molecule has 0 bridgehead atoms. The van der Waals surface area contributed by atoms with Gasteiger partial charge in [0.25, 0.3) is 5.91 Å². The van der Waals surface area contributed by atoms with Crippen LogP contribution in [-0.4, -0.2) is 24.0 Å². The van der Waals surface area contributed by atoms with Crippen LogP contribution in [0.2, 0.25) is 0 Å². The monoisotopic (exact) mass is 412 g/mol. The molecule has 0 radical (unpaired) electrons. The predicted octanol–water partition coefficient (Wildman–Crippen LogP) is 4.15. The van der Waals surface area contributed by atoms with Crippen molar-refractivity contribution >= 4 is 17.2 Å². The van der Waals surface area contributed by atoms with E-state index in [1.54, 1.807) is 12.1 Å². The number of hydrogen-bond donors (Lipinski definition) is 1. The maximum Gasteiger partial charge on any atom is 0.263 e. The van der Waals surface area contributed by atoms with Gasteiger partial charge in [-0.15, -0.1) is 11.3 Å². The minimum atomic E-state index is -0.312. The number of carbonyl (C=O) groups is 1. The van der Waals surface area contributed by atoms with E-state index in [0.717, 1.165) is 12.2 Å². The summed E-state index contributed by atoms with van der Waals surface area (Å²) < 4.78 is 24.4. The van der Waals surface area contributed by atoms with Crippen molar-refractivity contribution in [2.45, 2.75) is 20.0 Å². The molecule has 0 aliphatic carbocycles. The number of amides is 1. The van der Waals surface area contributed by atoms with E-state index in [4.69, 9.17) is 9.47 Å². The molecule has 1 aliphatic heterocycles. The van der Waals surface area contributed by atoms with E-state index in [1.165, 1.54) is 29.0 Å². The Bertz CT molecular complexity index is 1000. The molecule has 2 heterocycles. The van der Waals surface area contributed by atoms with Gasteiger partial charge in [0.2, 0.25) is 0 Å². The number of ether oxygens (including phenoxy) is 2. The number of carbonyl (C=O) groups excluding carboxylic acids is 1. The van der Waals surface area contributed by atoms with Gasteiger partial charge in [0.05, 0.1) is 12.3 Å². The van der Waals surface area contributed by atoms with Crippen molar-refractivity contribution in [3.8, 4) is 11.5 Å². The summed E-state index contributed by atoms with van der Waals surface area (Å²) in [5.41, 5.74) is 1.85. The fourth-order valence-corrected chi connectivity index (χ4v) is 4.13. The first kappa shape index (κ1) is 19.4. The van der Waals surface area contributed by atoms with Gasteiger partial charge in [-0.3, -0.25) is 4.79 Å². The Kier molecular flexibility index (Phi) is 5.76. The smallest absolute Gasteiger partial charge is 0.263 e. The van der Waals surface area contributed by atoms with Gasteiger partial charge in [-0.05, 0) is 49.2 Å². The summed E-state index contributed by atoms with van der Waals surface area (Å²) in [4.78, 5) is 17.6. The molecule has 3 aromatic rings. The molecular formula is C22H21FN2O3S. The minimum absolute atomic E-state index is 0.133. The van der Waals surface area contributed by atoms with Crippen molar-refractivity contribution < 1.29 is 18.7 Å². The molecule has 150 valence electrons. The summed E-state index contributed by atoms with van der Waals surface area (Å²) in [5.74, 6) is 1.28. The quantitative estimate of drug-likeness (QED) is 0.661. The van der Waals surface area contributed by atoms with E-state index < -0.39 is 0 Å². The normalized spacial score (nSPS) is 15.3. The third-order valence-electron chi connectivity index (χ3n) is 4.73. The maximum absolute atomic E-state index is 13.0. The lowest BCUT2D eigenvalue weighted by atomic mass is 9.97. The molecule has 1 atom stereocenters. The van der Waals surface area contributed by atoms with E-state index in [1.807, 2.05) is 25.1 Å². The lowest BCUT2D eigenvalue weighted by Gasteiger charge is -2.25. The van der Waals surface area contributed by atoms with Gasteiger partial charge < -0.3 is 14.8 Å². The number of benzene rings is 2. The number of thiazole rings is 1. The number of hydrogen-bond acceptors (Lipinski definition) is 5. The third kappa shape index (κ3) is 4.74. The van der Waals surface area contributed by atoms with Crippen molar-refractivity contribution in [1.82, 2.24) is 10.3 Å². The van der Waals surface area contributed by atoms with Crippen LogP contribution in [0.15, 0.2) is 48.5 Å². The van der Waals surface area contributed by atoms with Crippen LogP contribution >= 0.6 is 11.3 Å². The van der Waals surface area contributed by atoms with Crippen molar-refractivity contribution in [2.24, 2.45) is 5.92 Å². The highest BCUT2D eigenvalue weighted by Gasteiger charge is 2.21. The number of aryl methyl sites for hydroxylation is 1. The van der Waals surface area contributed by atoms with Gasteiger partial charge in [-0.25, -0.2) is 9.37 Å². The highest BCUT2D eigenvalue weighted by Crippen LogP contribution is 2.26. The second-order valence-corrected chi connectivity index (χ2v) is 8.05. The Morgan fingerprint density at radius 1 is 1.28 bits per heavy atom. The fraction of sp³-hybridized carbons (Fsp3) is 0.273. The second kappa shape index (κ2) is 8.61. The van der Waals surface area contributed by atoms with Crippen molar-refractivity contribution in [3.05, 3.63) is 75.5 Å². The van der Waals surface area contributed by atoms with E-state index in [9.17, 15) is 9.18 Å². The lowest BCUT2D eigenvalue weighted by Crippen LogP contribution is -2.34. The molecule has 5 nitrogen and oxygen atoms in total. The molecule has 0 fully saturated rings. The zero-order valence-corrected chi connectivity index (χ0v) is 16.8. The van der Waals surface area contributed by atoms with Crippen LogP contribution in [-0.2, 0) is 13.0 Å². The summed E-state index contributed by atoms with van der Waals surface area (Å²) in [6, 6.07) is 13.8. The minimum Gasteiger partial charge on any atom is -0.493 e. The van der Waals surface area contributed by atoms with E-state index >= 15 is 0 Å². The molecule has 0 saturated carbocycles. The maximum atomic E-state index is 13.0. The van der Waals surface area contributed by atoms with Gasteiger partial charge >= 0.3 is 0 Å². The van der Waals surface area contributed by atoms with E-state index in [2.05, 4.69) is 16.4 Å². The molecule has 4 rings (SSSR count). The molecule has 1 N–H and O–H groups in total. The first-order valence-electron chi connectivity index (χ1n) is 9.42. The molecule has 2 aromatic carbocycles. The molecule has 29 heavy (non-hydrogen) atoms.